The van der Waals surface area contributed by atoms with E-state index in [0.717, 1.165) is 0 Å². The Bertz CT molecular complexity index is 456. The molecule has 0 spiro atoms. The SMILES string of the molecule is COC(=O)/C(C#N)=C/c1cc(Br)nn1C. The number of aryl methyl sites for hydroxylation is 1. The van der Waals surface area contributed by atoms with Gasteiger partial charge in [-0.2, -0.15) is 10.4 Å². The van der Waals surface area contributed by atoms with Gasteiger partial charge in [0, 0.05) is 7.05 Å². The van der Waals surface area contributed by atoms with E-state index in [2.05, 4.69) is 25.8 Å². The molecule has 5 nitrogen and oxygen atoms in total. The molecule has 0 fully saturated rings. The van der Waals surface area contributed by atoms with Crippen LogP contribution in [0, 0.1) is 11.3 Å². The third kappa shape index (κ3) is 2.67. The van der Waals surface area contributed by atoms with Gasteiger partial charge in [-0.1, -0.05) is 0 Å². The molecular formula is C9H8BrN3O2. The van der Waals surface area contributed by atoms with E-state index in [4.69, 9.17) is 5.26 Å². The van der Waals surface area contributed by atoms with Crippen molar-refractivity contribution in [3.05, 3.63) is 21.9 Å². The number of rotatable bonds is 2. The number of methoxy groups -OCH3 is 1. The second kappa shape index (κ2) is 4.75. The highest BCUT2D eigenvalue weighted by Crippen LogP contribution is 2.13. The molecule has 1 rings (SSSR count). The number of halogens is 1. The molecule has 1 aromatic rings. The molecule has 0 radical (unpaired) electrons. The molecule has 0 aliphatic heterocycles. The minimum atomic E-state index is -0.658. The van der Waals surface area contributed by atoms with Gasteiger partial charge in [0.25, 0.3) is 0 Å². The number of aromatic nitrogens is 2. The molecule has 0 unspecified atom stereocenters. The van der Waals surface area contributed by atoms with Crippen molar-refractivity contribution in [3.63, 3.8) is 0 Å². The number of nitriles is 1. The highest BCUT2D eigenvalue weighted by molar-refractivity contribution is 9.10. The van der Waals surface area contributed by atoms with Crippen molar-refractivity contribution in [2.24, 2.45) is 7.05 Å². The van der Waals surface area contributed by atoms with E-state index in [1.54, 1.807) is 23.9 Å². The number of esters is 1. The van der Waals surface area contributed by atoms with Gasteiger partial charge in [0.1, 0.15) is 16.2 Å². The van der Waals surface area contributed by atoms with Crippen molar-refractivity contribution in [1.82, 2.24) is 9.78 Å². The van der Waals surface area contributed by atoms with Crippen LogP contribution < -0.4 is 0 Å². The Hall–Kier alpha value is -1.61. The number of carbonyl (C=O) groups excluding carboxylic acids is 1. The van der Waals surface area contributed by atoms with E-state index in [-0.39, 0.29) is 5.57 Å². The highest BCUT2D eigenvalue weighted by Gasteiger charge is 2.10. The fourth-order valence-corrected chi connectivity index (χ4v) is 1.45. The third-order valence-electron chi connectivity index (χ3n) is 1.70. The molecule has 0 saturated carbocycles. The topological polar surface area (TPSA) is 67.9 Å². The first-order valence-electron chi connectivity index (χ1n) is 3.98. The van der Waals surface area contributed by atoms with E-state index in [9.17, 15) is 4.79 Å². The summed E-state index contributed by atoms with van der Waals surface area (Å²) in [5.74, 6) is -0.658. The van der Waals surface area contributed by atoms with Crippen LogP contribution in [0.1, 0.15) is 5.69 Å². The fraction of sp³-hybridized carbons (Fsp3) is 0.222. The summed E-state index contributed by atoms with van der Waals surface area (Å²) in [6, 6.07) is 3.46. The Morgan fingerprint density at radius 2 is 2.47 bits per heavy atom. The largest absolute Gasteiger partial charge is 0.465 e. The first-order chi connectivity index (χ1) is 7.08. The first kappa shape index (κ1) is 11.5. The predicted molar refractivity (Wildman–Crippen MR) is 56.5 cm³/mol. The molecule has 15 heavy (non-hydrogen) atoms. The van der Waals surface area contributed by atoms with Crippen LogP contribution in [0.4, 0.5) is 0 Å². The zero-order valence-corrected chi connectivity index (χ0v) is 9.78. The molecule has 6 heteroatoms. The highest BCUT2D eigenvalue weighted by atomic mass is 79.9. The van der Waals surface area contributed by atoms with Gasteiger partial charge in [0.05, 0.1) is 12.8 Å². The van der Waals surface area contributed by atoms with Gasteiger partial charge >= 0.3 is 5.97 Å². The molecule has 0 aliphatic carbocycles. The van der Waals surface area contributed by atoms with Gasteiger partial charge < -0.3 is 4.74 Å². The van der Waals surface area contributed by atoms with Crippen molar-refractivity contribution in [3.8, 4) is 6.07 Å². The predicted octanol–water partition coefficient (Wildman–Crippen LogP) is 1.26. The van der Waals surface area contributed by atoms with Gasteiger partial charge in [-0.15, -0.1) is 0 Å². The van der Waals surface area contributed by atoms with Crippen molar-refractivity contribution >= 4 is 28.0 Å². The van der Waals surface area contributed by atoms with Gasteiger partial charge in [0.2, 0.25) is 0 Å². The van der Waals surface area contributed by atoms with Gasteiger partial charge in [0.15, 0.2) is 0 Å². The molecule has 0 aromatic carbocycles. The maximum Gasteiger partial charge on any atom is 0.348 e. The minimum absolute atomic E-state index is 0.0620. The summed E-state index contributed by atoms with van der Waals surface area (Å²) in [4.78, 5) is 11.1. The maximum absolute atomic E-state index is 11.1. The molecule has 0 N–H and O–H groups in total. The van der Waals surface area contributed by atoms with Crippen LogP contribution in [0.3, 0.4) is 0 Å². The molecule has 1 aromatic heterocycles. The molecular weight excluding hydrogens is 262 g/mol. The third-order valence-corrected chi connectivity index (χ3v) is 2.09. The van der Waals surface area contributed by atoms with Crippen LogP contribution in [0.2, 0.25) is 0 Å². The second-order valence-corrected chi connectivity index (χ2v) is 3.49. The first-order valence-corrected chi connectivity index (χ1v) is 4.77. The van der Waals surface area contributed by atoms with Crippen LogP contribution in [-0.2, 0) is 16.6 Å². The van der Waals surface area contributed by atoms with Crippen LogP contribution in [0.5, 0.6) is 0 Å². The van der Waals surface area contributed by atoms with Crippen LogP contribution in [-0.4, -0.2) is 22.9 Å². The molecule has 0 aliphatic rings. The Kier molecular flexibility index (Phi) is 3.63. The summed E-state index contributed by atoms with van der Waals surface area (Å²) < 4.78 is 6.63. The monoisotopic (exact) mass is 269 g/mol. The van der Waals surface area contributed by atoms with E-state index in [1.165, 1.54) is 13.2 Å². The Labute approximate surface area is 95.1 Å². The summed E-state index contributed by atoms with van der Waals surface area (Å²) in [6.07, 6.45) is 1.42. The lowest BCUT2D eigenvalue weighted by molar-refractivity contribution is -0.135. The zero-order chi connectivity index (χ0) is 11.4. The molecule has 78 valence electrons. The molecule has 0 amide bonds. The average molecular weight is 270 g/mol. The smallest absolute Gasteiger partial charge is 0.348 e. The van der Waals surface area contributed by atoms with Crippen molar-refractivity contribution in [2.75, 3.05) is 7.11 Å². The quantitative estimate of drug-likeness (QED) is 0.461. The summed E-state index contributed by atoms with van der Waals surface area (Å²) >= 11 is 3.19. The Morgan fingerprint density at radius 1 is 1.80 bits per heavy atom. The summed E-state index contributed by atoms with van der Waals surface area (Å²) in [5, 5.41) is 12.7. The summed E-state index contributed by atoms with van der Waals surface area (Å²) in [5.41, 5.74) is 0.580. The Balaban J connectivity index is 3.10. The summed E-state index contributed by atoms with van der Waals surface area (Å²) in [6.45, 7) is 0. The minimum Gasteiger partial charge on any atom is -0.465 e. The fourth-order valence-electron chi connectivity index (χ4n) is 0.975. The van der Waals surface area contributed by atoms with E-state index >= 15 is 0 Å². The van der Waals surface area contributed by atoms with Crippen LogP contribution in [0.25, 0.3) is 6.08 Å². The van der Waals surface area contributed by atoms with Crippen LogP contribution >= 0.6 is 15.9 Å². The Morgan fingerprint density at radius 3 is 2.87 bits per heavy atom. The summed E-state index contributed by atoms with van der Waals surface area (Å²) in [7, 11) is 2.94. The zero-order valence-electron chi connectivity index (χ0n) is 8.19. The molecule has 0 atom stereocenters. The molecule has 1 heterocycles. The van der Waals surface area contributed by atoms with Crippen molar-refractivity contribution in [2.45, 2.75) is 0 Å². The normalized spacial score (nSPS) is 10.9. The lowest BCUT2D eigenvalue weighted by atomic mass is 10.2. The second-order valence-electron chi connectivity index (χ2n) is 2.68. The van der Waals surface area contributed by atoms with Crippen molar-refractivity contribution in [1.29, 1.82) is 5.26 Å². The van der Waals surface area contributed by atoms with E-state index in [1.807, 2.05) is 0 Å². The number of hydrogen-bond acceptors (Lipinski definition) is 4. The molecule has 0 bridgehead atoms. The maximum atomic E-state index is 11.1. The average Bonchev–Trinajstić information content (AvgIpc) is 2.52. The van der Waals surface area contributed by atoms with Gasteiger partial charge in [-0.05, 0) is 28.1 Å². The number of hydrogen-bond donors (Lipinski definition) is 0. The van der Waals surface area contributed by atoms with E-state index in [0.29, 0.717) is 10.3 Å². The van der Waals surface area contributed by atoms with Gasteiger partial charge in [-0.3, -0.25) is 4.68 Å². The number of ether oxygens (including phenoxy) is 1. The standard InChI is InChI=1S/C9H8BrN3O2/c1-13-7(4-8(10)12-13)3-6(5-11)9(14)15-2/h3-4H,1-2H3/b6-3+. The van der Waals surface area contributed by atoms with Gasteiger partial charge in [-0.25, -0.2) is 4.79 Å². The van der Waals surface area contributed by atoms with Crippen LogP contribution in [0.15, 0.2) is 16.2 Å². The number of carbonyl (C=O) groups is 1. The lowest BCUT2D eigenvalue weighted by Crippen LogP contribution is -2.03. The molecule has 0 saturated heterocycles. The van der Waals surface area contributed by atoms with Crippen molar-refractivity contribution < 1.29 is 9.53 Å². The number of nitrogens with zero attached hydrogens (tertiary/aromatic N) is 3. The lowest BCUT2D eigenvalue weighted by Gasteiger charge is -1.96. The van der Waals surface area contributed by atoms with E-state index < -0.39 is 5.97 Å².